The third kappa shape index (κ3) is 3.08. The summed E-state index contributed by atoms with van der Waals surface area (Å²) in [5.74, 6) is 0. The van der Waals surface area contributed by atoms with Crippen molar-refractivity contribution in [1.82, 2.24) is 19.8 Å². The van der Waals surface area contributed by atoms with Crippen molar-refractivity contribution < 1.29 is 12.9 Å². The number of halogens is 1. The lowest BCUT2D eigenvalue weighted by atomic mass is 10.1. The van der Waals surface area contributed by atoms with Gasteiger partial charge in [0.1, 0.15) is 4.90 Å². The molecule has 3 heterocycles. The number of piperazine rings is 1. The quantitative estimate of drug-likeness (QED) is 0.894. The molecule has 0 saturated carbocycles. The Morgan fingerprint density at radius 3 is 2.87 bits per heavy atom. The largest absolute Gasteiger partial charge is 0.336 e. The SMILES string of the molecule is CCc1noc2ncc(S(=O)(=O)N3CCNC(C)C3C)cc12.Cl. The minimum absolute atomic E-state index is 0. The first-order valence-corrected chi connectivity index (χ1v) is 8.88. The Kier molecular flexibility index (Phi) is 5.30. The number of aryl methyl sites for hydroxylation is 1. The van der Waals surface area contributed by atoms with Crippen molar-refractivity contribution in [3.8, 4) is 0 Å². The molecule has 1 aliphatic heterocycles. The van der Waals surface area contributed by atoms with Crippen molar-refractivity contribution >= 4 is 33.5 Å². The number of sulfonamides is 1. The minimum atomic E-state index is -3.58. The fraction of sp³-hybridized carbons (Fsp3) is 0.571. The summed E-state index contributed by atoms with van der Waals surface area (Å²) >= 11 is 0. The molecule has 2 aromatic heterocycles. The summed E-state index contributed by atoms with van der Waals surface area (Å²) < 4.78 is 32.5. The van der Waals surface area contributed by atoms with E-state index in [1.807, 2.05) is 20.8 Å². The lowest BCUT2D eigenvalue weighted by Gasteiger charge is -2.37. The maximum absolute atomic E-state index is 12.9. The number of pyridine rings is 1. The highest BCUT2D eigenvalue weighted by atomic mass is 35.5. The molecule has 7 nitrogen and oxygen atoms in total. The molecule has 0 aromatic carbocycles. The van der Waals surface area contributed by atoms with Crippen LogP contribution in [0.4, 0.5) is 0 Å². The zero-order valence-corrected chi connectivity index (χ0v) is 14.9. The average molecular weight is 361 g/mol. The first-order valence-electron chi connectivity index (χ1n) is 7.44. The number of rotatable bonds is 3. The van der Waals surface area contributed by atoms with Crippen LogP contribution in [0.5, 0.6) is 0 Å². The Hall–Kier alpha value is -1.22. The van der Waals surface area contributed by atoms with Gasteiger partial charge in [-0.3, -0.25) is 0 Å². The third-order valence-electron chi connectivity index (χ3n) is 4.30. The van der Waals surface area contributed by atoms with E-state index in [1.165, 1.54) is 10.5 Å². The molecule has 2 aromatic rings. The normalized spacial score (nSPS) is 22.9. The molecule has 0 aliphatic carbocycles. The Labute approximate surface area is 141 Å². The minimum Gasteiger partial charge on any atom is -0.336 e. The summed E-state index contributed by atoms with van der Waals surface area (Å²) in [5, 5.41) is 7.87. The number of nitrogens with one attached hydrogen (secondary N) is 1. The second-order valence-corrected chi connectivity index (χ2v) is 7.50. The third-order valence-corrected chi connectivity index (χ3v) is 6.25. The molecule has 1 fully saturated rings. The monoisotopic (exact) mass is 360 g/mol. The van der Waals surface area contributed by atoms with Crippen LogP contribution in [-0.2, 0) is 16.4 Å². The van der Waals surface area contributed by atoms with E-state index in [0.717, 1.165) is 5.69 Å². The van der Waals surface area contributed by atoms with Gasteiger partial charge in [-0.05, 0) is 26.3 Å². The first kappa shape index (κ1) is 18.1. The molecule has 1 saturated heterocycles. The highest BCUT2D eigenvalue weighted by Gasteiger charge is 2.34. The smallest absolute Gasteiger partial charge is 0.258 e. The standard InChI is InChI=1S/C14H20N4O3S.ClH/c1-4-13-12-7-11(8-16-14(12)21-17-13)22(19,20)18-6-5-15-9(2)10(18)3;/h7-10,15H,4-6H2,1-3H3;1H. The molecule has 23 heavy (non-hydrogen) atoms. The number of fused-ring (bicyclic) bond motifs is 1. The van der Waals surface area contributed by atoms with E-state index in [4.69, 9.17) is 4.52 Å². The predicted molar refractivity (Wildman–Crippen MR) is 89.2 cm³/mol. The van der Waals surface area contributed by atoms with Crippen LogP contribution in [0, 0.1) is 0 Å². The Morgan fingerprint density at radius 1 is 1.43 bits per heavy atom. The van der Waals surface area contributed by atoms with Gasteiger partial charge in [0.2, 0.25) is 10.0 Å². The molecule has 0 bridgehead atoms. The Balaban J connectivity index is 0.00000192. The maximum atomic E-state index is 12.9. The summed E-state index contributed by atoms with van der Waals surface area (Å²) in [7, 11) is -3.58. The summed E-state index contributed by atoms with van der Waals surface area (Å²) in [4.78, 5) is 4.30. The van der Waals surface area contributed by atoms with Crippen molar-refractivity contribution in [1.29, 1.82) is 0 Å². The van der Waals surface area contributed by atoms with Crippen LogP contribution >= 0.6 is 12.4 Å². The zero-order chi connectivity index (χ0) is 15.9. The molecule has 2 unspecified atom stereocenters. The molecule has 1 N–H and O–H groups in total. The van der Waals surface area contributed by atoms with Crippen LogP contribution in [-0.4, -0.2) is 48.0 Å². The topological polar surface area (TPSA) is 88.3 Å². The van der Waals surface area contributed by atoms with Gasteiger partial charge >= 0.3 is 0 Å². The van der Waals surface area contributed by atoms with Gasteiger partial charge in [-0.25, -0.2) is 13.4 Å². The van der Waals surface area contributed by atoms with E-state index >= 15 is 0 Å². The highest BCUT2D eigenvalue weighted by molar-refractivity contribution is 7.89. The van der Waals surface area contributed by atoms with Crippen LogP contribution in [0.2, 0.25) is 0 Å². The predicted octanol–water partition coefficient (Wildman–Crippen LogP) is 1.58. The van der Waals surface area contributed by atoms with Crippen molar-refractivity contribution in [2.75, 3.05) is 13.1 Å². The molecule has 9 heteroatoms. The van der Waals surface area contributed by atoms with E-state index in [1.54, 1.807) is 6.07 Å². The number of aromatic nitrogens is 2. The molecule has 2 atom stereocenters. The zero-order valence-electron chi connectivity index (χ0n) is 13.3. The molecular weight excluding hydrogens is 340 g/mol. The van der Waals surface area contributed by atoms with E-state index < -0.39 is 10.0 Å². The van der Waals surface area contributed by atoms with Crippen LogP contribution in [0.3, 0.4) is 0 Å². The second kappa shape index (κ2) is 6.72. The fourth-order valence-electron chi connectivity index (χ4n) is 2.76. The number of nitrogens with zero attached hydrogens (tertiary/aromatic N) is 3. The summed E-state index contributed by atoms with van der Waals surface area (Å²) in [6.45, 7) is 6.95. The lowest BCUT2D eigenvalue weighted by Crippen LogP contribution is -2.57. The van der Waals surface area contributed by atoms with Crippen molar-refractivity contribution in [3.63, 3.8) is 0 Å². The molecule has 0 radical (unpaired) electrons. The maximum Gasteiger partial charge on any atom is 0.258 e. The lowest BCUT2D eigenvalue weighted by molar-refractivity contribution is 0.233. The second-order valence-electron chi connectivity index (χ2n) is 5.61. The Morgan fingerprint density at radius 2 is 2.17 bits per heavy atom. The van der Waals surface area contributed by atoms with Gasteiger partial charge in [0.25, 0.3) is 5.71 Å². The van der Waals surface area contributed by atoms with Crippen LogP contribution in [0.15, 0.2) is 21.7 Å². The highest BCUT2D eigenvalue weighted by Crippen LogP contribution is 2.25. The Bertz CT molecular complexity index is 792. The number of hydrogen-bond donors (Lipinski definition) is 1. The van der Waals surface area contributed by atoms with Crippen LogP contribution in [0.1, 0.15) is 26.5 Å². The summed E-state index contributed by atoms with van der Waals surface area (Å²) in [6.07, 6.45) is 2.01. The van der Waals surface area contributed by atoms with Gasteiger partial charge in [-0.2, -0.15) is 4.31 Å². The van der Waals surface area contributed by atoms with E-state index in [0.29, 0.717) is 30.6 Å². The molecule has 128 valence electrons. The van der Waals surface area contributed by atoms with Gasteiger partial charge < -0.3 is 9.84 Å². The molecule has 0 spiro atoms. The van der Waals surface area contributed by atoms with Gasteiger partial charge in [-0.15, -0.1) is 12.4 Å². The van der Waals surface area contributed by atoms with E-state index in [-0.39, 0.29) is 29.4 Å². The first-order chi connectivity index (χ1) is 10.4. The van der Waals surface area contributed by atoms with Gasteiger partial charge in [0.15, 0.2) is 0 Å². The van der Waals surface area contributed by atoms with Gasteiger partial charge in [0, 0.05) is 25.2 Å². The fourth-order valence-corrected chi connectivity index (χ4v) is 4.43. The van der Waals surface area contributed by atoms with Gasteiger partial charge in [0.05, 0.1) is 17.3 Å². The summed E-state index contributed by atoms with van der Waals surface area (Å²) in [6, 6.07) is 1.62. The van der Waals surface area contributed by atoms with Crippen molar-refractivity contribution in [2.45, 2.75) is 44.2 Å². The van der Waals surface area contributed by atoms with Gasteiger partial charge in [-0.1, -0.05) is 12.1 Å². The van der Waals surface area contributed by atoms with Crippen LogP contribution in [0.25, 0.3) is 11.1 Å². The molecular formula is C14H21ClN4O3S. The molecule has 3 rings (SSSR count). The van der Waals surface area contributed by atoms with Crippen molar-refractivity contribution in [3.05, 3.63) is 18.0 Å². The average Bonchev–Trinajstić information content (AvgIpc) is 2.92. The van der Waals surface area contributed by atoms with E-state index in [9.17, 15) is 8.42 Å². The van der Waals surface area contributed by atoms with Crippen LogP contribution < -0.4 is 5.32 Å². The number of hydrogen-bond acceptors (Lipinski definition) is 6. The van der Waals surface area contributed by atoms with Crippen molar-refractivity contribution in [2.24, 2.45) is 0 Å². The molecule has 0 amide bonds. The molecule has 1 aliphatic rings. The summed E-state index contributed by atoms with van der Waals surface area (Å²) in [5.41, 5.74) is 1.10. The van der Waals surface area contributed by atoms with E-state index in [2.05, 4.69) is 15.5 Å².